The molecule has 0 unspecified atom stereocenters. The summed E-state index contributed by atoms with van der Waals surface area (Å²) in [6, 6.07) is 12.0. The zero-order chi connectivity index (χ0) is 22.4. The summed E-state index contributed by atoms with van der Waals surface area (Å²) in [6.45, 7) is 4.07. The molecule has 0 fully saturated rings. The Balaban J connectivity index is 1.67. The van der Waals surface area contributed by atoms with Gasteiger partial charge in [-0.3, -0.25) is 19.6 Å². The molecule has 1 aromatic carbocycles. The number of benzene rings is 1. The van der Waals surface area contributed by atoms with Gasteiger partial charge < -0.3 is 4.90 Å². The molecule has 2 heterocycles. The molecule has 0 saturated heterocycles. The van der Waals surface area contributed by atoms with Crippen LogP contribution in [-0.2, 0) is 17.8 Å². The molecule has 0 N–H and O–H groups in total. The lowest BCUT2D eigenvalue weighted by atomic mass is 10.0. The fraction of sp³-hybridized carbons (Fsp3) is 0.280. The van der Waals surface area contributed by atoms with Gasteiger partial charge in [0.1, 0.15) is 5.82 Å². The first kappa shape index (κ1) is 22.3. The van der Waals surface area contributed by atoms with Crippen LogP contribution in [-0.4, -0.2) is 33.6 Å². The Morgan fingerprint density at radius 1 is 1.10 bits per heavy atom. The minimum absolute atomic E-state index is 0.00472. The van der Waals surface area contributed by atoms with E-state index < -0.39 is 5.82 Å². The molecule has 0 aliphatic heterocycles. The van der Waals surface area contributed by atoms with E-state index in [1.807, 2.05) is 19.1 Å². The molecular formula is C25H26FN3O2. The summed E-state index contributed by atoms with van der Waals surface area (Å²) in [5, 5.41) is 0. The van der Waals surface area contributed by atoms with Crippen molar-refractivity contribution in [3.05, 3.63) is 83.1 Å². The molecule has 0 aliphatic rings. The van der Waals surface area contributed by atoms with Crippen LogP contribution in [0.4, 0.5) is 4.39 Å². The number of carbonyl (C=O) groups excluding carboxylic acids is 2. The molecule has 31 heavy (non-hydrogen) atoms. The van der Waals surface area contributed by atoms with Gasteiger partial charge in [-0.2, -0.15) is 0 Å². The van der Waals surface area contributed by atoms with Gasteiger partial charge in [0, 0.05) is 55.6 Å². The maximum Gasteiger partial charge on any atom is 0.222 e. The van der Waals surface area contributed by atoms with Crippen LogP contribution in [0, 0.1) is 12.7 Å². The molecule has 0 saturated carbocycles. The highest BCUT2D eigenvalue weighted by atomic mass is 19.1. The van der Waals surface area contributed by atoms with E-state index in [4.69, 9.17) is 0 Å². The Kier molecular flexibility index (Phi) is 7.23. The topological polar surface area (TPSA) is 63.2 Å². The second-order valence-electron chi connectivity index (χ2n) is 7.52. The minimum Gasteiger partial charge on any atom is -0.341 e. The minimum atomic E-state index is -0.409. The summed E-state index contributed by atoms with van der Waals surface area (Å²) >= 11 is 0. The number of aryl methyl sites for hydroxylation is 2. The molecule has 0 bridgehead atoms. The van der Waals surface area contributed by atoms with Crippen molar-refractivity contribution < 1.29 is 14.0 Å². The zero-order valence-electron chi connectivity index (χ0n) is 18.1. The first-order valence-corrected chi connectivity index (χ1v) is 10.3. The van der Waals surface area contributed by atoms with Crippen molar-refractivity contribution in [3.63, 3.8) is 0 Å². The number of pyridine rings is 2. The number of hydrogen-bond donors (Lipinski definition) is 0. The van der Waals surface area contributed by atoms with Gasteiger partial charge in [0.2, 0.25) is 5.91 Å². The maximum atomic E-state index is 14.7. The van der Waals surface area contributed by atoms with Crippen LogP contribution >= 0.6 is 0 Å². The summed E-state index contributed by atoms with van der Waals surface area (Å²) in [5.41, 5.74) is 4.01. The average molecular weight is 420 g/mol. The van der Waals surface area contributed by atoms with Crippen molar-refractivity contribution in [1.29, 1.82) is 0 Å². The smallest absolute Gasteiger partial charge is 0.222 e. The van der Waals surface area contributed by atoms with Crippen molar-refractivity contribution in [2.75, 3.05) is 7.05 Å². The molecule has 0 radical (unpaired) electrons. The molecule has 5 nitrogen and oxygen atoms in total. The van der Waals surface area contributed by atoms with Gasteiger partial charge in [0.25, 0.3) is 0 Å². The average Bonchev–Trinajstić information content (AvgIpc) is 2.78. The van der Waals surface area contributed by atoms with E-state index in [9.17, 15) is 14.0 Å². The predicted octanol–water partition coefficient (Wildman–Crippen LogP) is 4.78. The van der Waals surface area contributed by atoms with Gasteiger partial charge in [-0.1, -0.05) is 19.1 Å². The summed E-state index contributed by atoms with van der Waals surface area (Å²) in [6.07, 6.45) is 4.62. The Morgan fingerprint density at radius 2 is 1.90 bits per heavy atom. The van der Waals surface area contributed by atoms with E-state index in [-0.39, 0.29) is 11.7 Å². The maximum absolute atomic E-state index is 14.7. The van der Waals surface area contributed by atoms with Gasteiger partial charge in [-0.25, -0.2) is 4.39 Å². The van der Waals surface area contributed by atoms with Crippen LogP contribution in [0.25, 0.3) is 11.3 Å². The molecule has 3 aromatic rings. The lowest BCUT2D eigenvalue weighted by Crippen LogP contribution is -2.25. The summed E-state index contributed by atoms with van der Waals surface area (Å²) in [4.78, 5) is 34.3. The molecular weight excluding hydrogens is 393 g/mol. The van der Waals surface area contributed by atoms with Crippen LogP contribution < -0.4 is 0 Å². The first-order valence-electron chi connectivity index (χ1n) is 10.3. The van der Waals surface area contributed by atoms with E-state index in [1.165, 1.54) is 12.3 Å². The molecule has 1 amide bonds. The summed E-state index contributed by atoms with van der Waals surface area (Å²) < 4.78 is 14.7. The number of ketones is 1. The van der Waals surface area contributed by atoms with Crippen molar-refractivity contribution in [1.82, 2.24) is 14.9 Å². The standard InChI is InChI=1S/C25H26FN3O2/c1-4-25(31)29(3)16-18-7-10-21(22(26)14-18)23-11-8-20(15-28-23)24(30)12-9-19-6-5-13-27-17(19)2/h5-8,10-11,13-15H,4,9,12,16H2,1-3H3. The highest BCUT2D eigenvalue weighted by Gasteiger charge is 2.13. The Bertz CT molecular complexity index is 1080. The molecule has 0 aliphatic carbocycles. The highest BCUT2D eigenvalue weighted by Crippen LogP contribution is 2.23. The van der Waals surface area contributed by atoms with Crippen LogP contribution in [0.1, 0.15) is 46.9 Å². The Morgan fingerprint density at radius 3 is 2.55 bits per heavy atom. The number of rotatable bonds is 8. The van der Waals surface area contributed by atoms with Gasteiger partial charge >= 0.3 is 0 Å². The lowest BCUT2D eigenvalue weighted by molar-refractivity contribution is -0.130. The second-order valence-corrected chi connectivity index (χ2v) is 7.52. The fourth-order valence-electron chi connectivity index (χ4n) is 3.39. The van der Waals surface area contributed by atoms with Crippen molar-refractivity contribution in [2.45, 2.75) is 39.7 Å². The van der Waals surface area contributed by atoms with Crippen LogP contribution in [0.2, 0.25) is 0 Å². The van der Waals surface area contributed by atoms with Crippen molar-refractivity contribution >= 4 is 11.7 Å². The molecule has 0 spiro atoms. The Hall–Kier alpha value is -3.41. The van der Waals surface area contributed by atoms with Gasteiger partial charge in [0.05, 0.1) is 5.69 Å². The van der Waals surface area contributed by atoms with Gasteiger partial charge in [-0.15, -0.1) is 0 Å². The van der Waals surface area contributed by atoms with Crippen LogP contribution in [0.15, 0.2) is 54.9 Å². The fourth-order valence-corrected chi connectivity index (χ4v) is 3.39. The van der Waals surface area contributed by atoms with E-state index in [0.29, 0.717) is 48.2 Å². The van der Waals surface area contributed by atoms with Crippen molar-refractivity contribution in [2.24, 2.45) is 0 Å². The number of nitrogens with zero attached hydrogens (tertiary/aromatic N) is 3. The molecule has 2 aromatic heterocycles. The number of Topliss-reactive ketones (excluding diaryl/α,β-unsaturated/α-hetero) is 1. The number of carbonyl (C=O) groups is 2. The second kappa shape index (κ2) is 10.1. The monoisotopic (exact) mass is 419 g/mol. The molecule has 160 valence electrons. The van der Waals surface area contributed by atoms with Crippen LogP contribution in [0.3, 0.4) is 0 Å². The van der Waals surface area contributed by atoms with E-state index in [2.05, 4.69) is 9.97 Å². The van der Waals surface area contributed by atoms with E-state index in [1.54, 1.807) is 49.3 Å². The van der Waals surface area contributed by atoms with Crippen LogP contribution in [0.5, 0.6) is 0 Å². The Labute approximate surface area is 182 Å². The molecule has 6 heteroatoms. The lowest BCUT2D eigenvalue weighted by Gasteiger charge is -2.16. The third-order valence-corrected chi connectivity index (χ3v) is 5.28. The third kappa shape index (κ3) is 5.60. The quantitative estimate of drug-likeness (QED) is 0.493. The largest absolute Gasteiger partial charge is 0.341 e. The summed E-state index contributed by atoms with van der Waals surface area (Å²) in [7, 11) is 1.70. The van der Waals surface area contributed by atoms with Crippen molar-refractivity contribution in [3.8, 4) is 11.3 Å². The highest BCUT2D eigenvalue weighted by molar-refractivity contribution is 5.96. The SMILES string of the molecule is CCC(=O)N(C)Cc1ccc(-c2ccc(C(=O)CCc3cccnc3C)cn2)c(F)c1. The first-order chi connectivity index (χ1) is 14.9. The van der Waals surface area contributed by atoms with E-state index in [0.717, 1.165) is 11.3 Å². The number of amides is 1. The number of hydrogen-bond acceptors (Lipinski definition) is 4. The van der Waals surface area contributed by atoms with Gasteiger partial charge in [0.15, 0.2) is 5.78 Å². The summed E-state index contributed by atoms with van der Waals surface area (Å²) in [5.74, 6) is -0.416. The third-order valence-electron chi connectivity index (χ3n) is 5.28. The van der Waals surface area contributed by atoms with Gasteiger partial charge in [-0.05, 0) is 54.8 Å². The molecule has 0 atom stereocenters. The normalized spacial score (nSPS) is 10.7. The number of aromatic nitrogens is 2. The predicted molar refractivity (Wildman–Crippen MR) is 118 cm³/mol. The molecule has 3 rings (SSSR count). The zero-order valence-corrected chi connectivity index (χ0v) is 18.1. The van der Waals surface area contributed by atoms with E-state index >= 15 is 0 Å². The number of halogens is 1.